The average molecular weight is 421 g/mol. The van der Waals surface area contributed by atoms with Crippen molar-refractivity contribution >= 4 is 44.9 Å². The van der Waals surface area contributed by atoms with E-state index in [1.807, 2.05) is 38.1 Å². The minimum Gasteiger partial charge on any atom is -0.493 e. The molecule has 4 nitrogen and oxygen atoms in total. The summed E-state index contributed by atoms with van der Waals surface area (Å²) in [4.78, 5) is 12.6. The first-order valence-electron chi connectivity index (χ1n) is 8.09. The van der Waals surface area contributed by atoms with Crippen molar-refractivity contribution in [3.63, 3.8) is 0 Å². The molecule has 1 amide bonds. The minimum absolute atomic E-state index is 0.261. The average Bonchev–Trinajstić information content (AvgIpc) is 2.58. The van der Waals surface area contributed by atoms with Crippen LogP contribution in [0.4, 0.5) is 5.69 Å². The van der Waals surface area contributed by atoms with Crippen molar-refractivity contribution < 1.29 is 9.53 Å². The number of para-hydroxylation sites is 1. The van der Waals surface area contributed by atoms with Crippen LogP contribution >= 0.6 is 28.1 Å². The van der Waals surface area contributed by atoms with E-state index in [0.717, 1.165) is 27.7 Å². The number of thiocarbonyl (C=S) groups is 1. The molecule has 0 saturated carbocycles. The zero-order valence-electron chi connectivity index (χ0n) is 14.5. The molecule has 0 spiro atoms. The van der Waals surface area contributed by atoms with Gasteiger partial charge in [-0.05, 0) is 61.8 Å². The van der Waals surface area contributed by atoms with Crippen LogP contribution in [0.3, 0.4) is 0 Å². The van der Waals surface area contributed by atoms with Crippen LogP contribution in [0.25, 0.3) is 0 Å². The largest absolute Gasteiger partial charge is 0.493 e. The molecule has 2 aromatic carbocycles. The molecule has 132 valence electrons. The first-order chi connectivity index (χ1) is 12.0. The number of rotatable bonds is 5. The Kier molecular flexibility index (Phi) is 6.96. The molecule has 0 aliphatic rings. The monoisotopic (exact) mass is 420 g/mol. The predicted octanol–water partition coefficient (Wildman–Crippen LogP) is 4.85. The number of halogens is 1. The summed E-state index contributed by atoms with van der Waals surface area (Å²) in [6, 6.07) is 11.4. The number of hydrogen-bond acceptors (Lipinski definition) is 3. The Labute approximate surface area is 162 Å². The van der Waals surface area contributed by atoms with E-state index in [4.69, 9.17) is 17.0 Å². The highest BCUT2D eigenvalue weighted by atomic mass is 79.9. The molecule has 0 aromatic heterocycles. The van der Waals surface area contributed by atoms with Gasteiger partial charge in [0.2, 0.25) is 0 Å². The second-order valence-corrected chi connectivity index (χ2v) is 6.77. The third-order valence-electron chi connectivity index (χ3n) is 3.69. The van der Waals surface area contributed by atoms with E-state index >= 15 is 0 Å². The number of aryl methyl sites for hydroxylation is 2. The van der Waals surface area contributed by atoms with Gasteiger partial charge in [-0.25, -0.2) is 0 Å². The van der Waals surface area contributed by atoms with Crippen LogP contribution in [0.15, 0.2) is 40.9 Å². The van der Waals surface area contributed by atoms with Gasteiger partial charge >= 0.3 is 0 Å². The van der Waals surface area contributed by atoms with E-state index in [-0.39, 0.29) is 11.0 Å². The third kappa shape index (κ3) is 5.03. The summed E-state index contributed by atoms with van der Waals surface area (Å²) in [5, 5.41) is 6.13. The van der Waals surface area contributed by atoms with Crippen molar-refractivity contribution in [3.05, 3.63) is 57.6 Å². The number of carbonyl (C=O) groups is 1. The van der Waals surface area contributed by atoms with Gasteiger partial charge in [-0.15, -0.1) is 0 Å². The Morgan fingerprint density at radius 3 is 2.68 bits per heavy atom. The van der Waals surface area contributed by atoms with Crippen LogP contribution < -0.4 is 15.4 Å². The Hall–Kier alpha value is -1.92. The van der Waals surface area contributed by atoms with E-state index in [1.54, 1.807) is 12.1 Å². The lowest BCUT2D eigenvalue weighted by atomic mass is 10.1. The molecule has 0 unspecified atom stereocenters. The van der Waals surface area contributed by atoms with Crippen LogP contribution in [0, 0.1) is 6.92 Å². The lowest BCUT2D eigenvalue weighted by Gasteiger charge is -2.16. The molecule has 25 heavy (non-hydrogen) atoms. The normalized spacial score (nSPS) is 10.2. The van der Waals surface area contributed by atoms with Crippen LogP contribution in [0.2, 0.25) is 0 Å². The highest BCUT2D eigenvalue weighted by Crippen LogP contribution is 2.24. The fraction of sp³-hybridized carbons (Fsp3) is 0.263. The Morgan fingerprint density at radius 1 is 1.24 bits per heavy atom. The second kappa shape index (κ2) is 8.97. The molecule has 0 heterocycles. The van der Waals surface area contributed by atoms with E-state index in [1.165, 1.54) is 0 Å². The molecule has 0 bridgehead atoms. The van der Waals surface area contributed by atoms with E-state index in [2.05, 4.69) is 33.5 Å². The van der Waals surface area contributed by atoms with Crippen LogP contribution in [-0.2, 0) is 6.42 Å². The fourth-order valence-corrected chi connectivity index (χ4v) is 3.03. The quantitative estimate of drug-likeness (QED) is 0.678. The maximum atomic E-state index is 12.6. The zero-order chi connectivity index (χ0) is 18.4. The van der Waals surface area contributed by atoms with Crippen LogP contribution in [-0.4, -0.2) is 17.6 Å². The maximum Gasteiger partial charge on any atom is 0.261 e. The molecule has 0 aliphatic carbocycles. The number of carbonyl (C=O) groups excluding carboxylic acids is 1. The van der Waals surface area contributed by atoms with Crippen molar-refractivity contribution in [1.82, 2.24) is 5.32 Å². The summed E-state index contributed by atoms with van der Waals surface area (Å²) in [5.74, 6) is 0.213. The minimum atomic E-state index is -0.311. The molecule has 0 saturated heterocycles. The Bertz CT molecular complexity index is 793. The smallest absolute Gasteiger partial charge is 0.261 e. The summed E-state index contributed by atoms with van der Waals surface area (Å²) < 4.78 is 6.32. The lowest BCUT2D eigenvalue weighted by Crippen LogP contribution is -2.34. The molecule has 0 atom stereocenters. The first-order valence-corrected chi connectivity index (χ1v) is 9.29. The van der Waals surface area contributed by atoms with Crippen LogP contribution in [0.5, 0.6) is 5.75 Å². The molecule has 2 aromatic rings. The van der Waals surface area contributed by atoms with Gasteiger partial charge in [0.25, 0.3) is 5.91 Å². The Balaban J connectivity index is 2.16. The molecular formula is C19H21BrN2O2S. The van der Waals surface area contributed by atoms with Gasteiger partial charge in [0.15, 0.2) is 5.11 Å². The first kappa shape index (κ1) is 19.4. The van der Waals surface area contributed by atoms with E-state index in [9.17, 15) is 4.79 Å². The predicted molar refractivity (Wildman–Crippen MR) is 110 cm³/mol. The van der Waals surface area contributed by atoms with Gasteiger partial charge in [0, 0.05) is 10.2 Å². The summed E-state index contributed by atoms with van der Waals surface area (Å²) in [5.41, 5.74) is 3.60. The van der Waals surface area contributed by atoms with Gasteiger partial charge in [-0.1, -0.05) is 41.1 Å². The van der Waals surface area contributed by atoms with E-state index in [0.29, 0.717) is 17.9 Å². The molecule has 2 rings (SSSR count). The molecule has 6 heteroatoms. The topological polar surface area (TPSA) is 50.4 Å². The number of amides is 1. The van der Waals surface area contributed by atoms with Gasteiger partial charge in [0.05, 0.1) is 12.2 Å². The van der Waals surface area contributed by atoms with Crippen molar-refractivity contribution in [3.8, 4) is 5.75 Å². The molecule has 0 fully saturated rings. The molecule has 0 aliphatic heterocycles. The second-order valence-electron chi connectivity index (χ2n) is 5.44. The SMILES string of the molecule is CCOc1ccc(Br)cc1C(=O)NC(=S)Nc1c(C)cccc1CC. The summed E-state index contributed by atoms with van der Waals surface area (Å²) in [6.45, 7) is 6.44. The van der Waals surface area contributed by atoms with Gasteiger partial charge < -0.3 is 10.1 Å². The van der Waals surface area contributed by atoms with Gasteiger partial charge in [-0.2, -0.15) is 0 Å². The third-order valence-corrected chi connectivity index (χ3v) is 4.39. The van der Waals surface area contributed by atoms with Crippen molar-refractivity contribution in [2.75, 3.05) is 11.9 Å². The standard InChI is InChI=1S/C19H21BrN2O2S/c1-4-13-8-6-7-12(3)17(13)21-19(25)22-18(23)15-11-14(20)9-10-16(15)24-5-2/h6-11H,4-5H2,1-3H3,(H2,21,22,23,25). The summed E-state index contributed by atoms with van der Waals surface area (Å²) in [6.07, 6.45) is 0.876. The number of benzene rings is 2. The lowest BCUT2D eigenvalue weighted by molar-refractivity contribution is 0.0974. The van der Waals surface area contributed by atoms with Crippen molar-refractivity contribution in [1.29, 1.82) is 0 Å². The van der Waals surface area contributed by atoms with Crippen LogP contribution in [0.1, 0.15) is 35.3 Å². The van der Waals surface area contributed by atoms with Gasteiger partial charge in [-0.3, -0.25) is 10.1 Å². The maximum absolute atomic E-state index is 12.6. The van der Waals surface area contributed by atoms with Gasteiger partial charge in [0.1, 0.15) is 5.75 Å². The fourth-order valence-electron chi connectivity index (χ4n) is 2.48. The number of nitrogens with one attached hydrogen (secondary N) is 2. The van der Waals surface area contributed by atoms with E-state index < -0.39 is 0 Å². The zero-order valence-corrected chi connectivity index (χ0v) is 16.9. The highest BCUT2D eigenvalue weighted by Gasteiger charge is 2.15. The molecule has 0 radical (unpaired) electrons. The molecule has 2 N–H and O–H groups in total. The number of anilines is 1. The highest BCUT2D eigenvalue weighted by molar-refractivity contribution is 9.10. The summed E-state index contributed by atoms with van der Waals surface area (Å²) >= 11 is 8.70. The number of ether oxygens (including phenoxy) is 1. The number of hydrogen-bond donors (Lipinski definition) is 2. The summed E-state index contributed by atoms with van der Waals surface area (Å²) in [7, 11) is 0. The Morgan fingerprint density at radius 2 is 2.00 bits per heavy atom. The van der Waals surface area contributed by atoms with Crippen molar-refractivity contribution in [2.45, 2.75) is 27.2 Å². The molecular weight excluding hydrogens is 400 g/mol. The van der Waals surface area contributed by atoms with Crippen molar-refractivity contribution in [2.24, 2.45) is 0 Å².